The van der Waals surface area contributed by atoms with Crippen LogP contribution >= 0.6 is 35.0 Å². The number of amidine groups is 1. The summed E-state index contributed by atoms with van der Waals surface area (Å²) in [6.45, 7) is 0. The minimum Gasteiger partial charge on any atom is -1.00 e. The lowest BCUT2D eigenvalue weighted by molar-refractivity contribution is -0.00000259. The third-order valence-corrected chi connectivity index (χ3v) is 2.41. The van der Waals surface area contributed by atoms with Crippen molar-refractivity contribution in [2.24, 2.45) is 10.7 Å². The second-order valence-electron chi connectivity index (χ2n) is 2.25. The Kier molecular flexibility index (Phi) is 6.93. The van der Waals surface area contributed by atoms with Gasteiger partial charge in [-0.25, -0.2) is 4.99 Å². The summed E-state index contributed by atoms with van der Waals surface area (Å²) in [4.78, 5) is 4.08. The molecule has 0 saturated carbocycles. The number of hydrogen-bond acceptors (Lipinski definition) is 2. The minimum absolute atomic E-state index is 0. The number of nitrogens with zero attached hydrogens (tertiary/aromatic N) is 1. The Labute approximate surface area is 114 Å². The van der Waals surface area contributed by atoms with Gasteiger partial charge >= 0.3 is 0 Å². The predicted octanol–water partition coefficient (Wildman–Crippen LogP) is 0.307. The fourth-order valence-corrected chi connectivity index (χ4v) is 1.25. The van der Waals surface area contributed by atoms with Gasteiger partial charge in [0.1, 0.15) is 0 Å². The summed E-state index contributed by atoms with van der Waals surface area (Å²) in [5.41, 5.74) is 6.13. The van der Waals surface area contributed by atoms with Crippen molar-refractivity contribution >= 4 is 45.8 Å². The lowest BCUT2D eigenvalue weighted by Crippen LogP contribution is -3.00. The maximum absolute atomic E-state index is 5.87. The van der Waals surface area contributed by atoms with Crippen molar-refractivity contribution in [1.29, 1.82) is 0 Å². The molecule has 0 saturated heterocycles. The first kappa shape index (κ1) is 14.3. The van der Waals surface area contributed by atoms with Crippen LogP contribution in [-0.4, -0.2) is 11.4 Å². The number of halogens is 3. The molecule has 0 aromatic heterocycles. The van der Waals surface area contributed by atoms with Crippen LogP contribution in [0.15, 0.2) is 23.2 Å². The van der Waals surface area contributed by atoms with Gasteiger partial charge in [-0.05, 0) is 24.5 Å². The highest BCUT2D eigenvalue weighted by atomic mass is 127. The molecule has 1 rings (SSSR count). The molecule has 0 aliphatic heterocycles. The van der Waals surface area contributed by atoms with Gasteiger partial charge in [0.15, 0.2) is 5.17 Å². The Morgan fingerprint density at radius 3 is 2.64 bits per heavy atom. The molecule has 0 heterocycles. The van der Waals surface area contributed by atoms with Gasteiger partial charge in [0.25, 0.3) is 0 Å². The zero-order chi connectivity index (χ0) is 9.84. The number of aliphatic imine (C=N–C) groups is 1. The average molecular weight is 362 g/mol. The average Bonchev–Trinajstić information content (AvgIpc) is 2.11. The highest BCUT2D eigenvalue weighted by Crippen LogP contribution is 2.28. The third-order valence-electron chi connectivity index (χ3n) is 1.35. The normalized spacial score (nSPS) is 10.9. The maximum Gasteiger partial charge on any atom is 0.158 e. The van der Waals surface area contributed by atoms with E-state index in [2.05, 4.69) is 4.99 Å². The van der Waals surface area contributed by atoms with Gasteiger partial charge in [0, 0.05) is 5.02 Å². The Balaban J connectivity index is 0.00000169. The molecule has 0 atom stereocenters. The van der Waals surface area contributed by atoms with Gasteiger partial charge in [-0.3, -0.25) is 0 Å². The van der Waals surface area contributed by atoms with Crippen molar-refractivity contribution < 1.29 is 24.0 Å². The number of nitrogens with two attached hydrogens (primary N) is 1. The molecular weight excluding hydrogens is 354 g/mol. The Morgan fingerprint density at radius 2 is 2.07 bits per heavy atom. The molecule has 0 unspecified atom stereocenters. The van der Waals surface area contributed by atoms with Crippen LogP contribution in [0.3, 0.4) is 0 Å². The summed E-state index contributed by atoms with van der Waals surface area (Å²) in [5, 5.41) is 1.60. The molecule has 0 bridgehead atoms. The molecule has 0 radical (unpaired) electrons. The van der Waals surface area contributed by atoms with Gasteiger partial charge < -0.3 is 29.7 Å². The van der Waals surface area contributed by atoms with E-state index in [0.29, 0.717) is 20.9 Å². The molecule has 2 nitrogen and oxygen atoms in total. The third kappa shape index (κ3) is 4.25. The van der Waals surface area contributed by atoms with Crippen LogP contribution in [0.25, 0.3) is 0 Å². The van der Waals surface area contributed by atoms with Crippen molar-refractivity contribution in [1.82, 2.24) is 0 Å². The first-order chi connectivity index (χ1) is 6.13. The van der Waals surface area contributed by atoms with Gasteiger partial charge in [-0.2, -0.15) is 0 Å². The number of benzene rings is 1. The lowest BCUT2D eigenvalue weighted by atomic mass is 10.3. The van der Waals surface area contributed by atoms with Crippen molar-refractivity contribution in [3.05, 3.63) is 28.2 Å². The van der Waals surface area contributed by atoms with E-state index in [1.54, 1.807) is 18.2 Å². The minimum atomic E-state index is 0. The monoisotopic (exact) mass is 361 g/mol. The quantitative estimate of drug-likeness (QED) is 0.444. The Morgan fingerprint density at radius 1 is 1.43 bits per heavy atom. The number of hydrogen-bond donors (Lipinski definition) is 1. The van der Waals surface area contributed by atoms with E-state index in [0.717, 1.165) is 0 Å². The summed E-state index contributed by atoms with van der Waals surface area (Å²) >= 11 is 13.0. The highest BCUT2D eigenvalue weighted by Gasteiger charge is 2.00. The van der Waals surface area contributed by atoms with E-state index in [-0.39, 0.29) is 24.0 Å². The molecule has 1 aromatic carbocycles. The predicted molar refractivity (Wildman–Crippen MR) is 61.3 cm³/mol. The molecule has 14 heavy (non-hydrogen) atoms. The van der Waals surface area contributed by atoms with Gasteiger partial charge in [0.05, 0.1) is 10.7 Å². The summed E-state index contributed by atoms with van der Waals surface area (Å²) in [6.07, 6.45) is 1.84. The molecule has 0 aliphatic carbocycles. The van der Waals surface area contributed by atoms with Gasteiger partial charge in [-0.1, -0.05) is 35.0 Å². The smallest absolute Gasteiger partial charge is 0.158 e. The largest absolute Gasteiger partial charge is 1.00 e. The molecule has 0 aliphatic rings. The zero-order valence-corrected chi connectivity index (χ0v) is 11.8. The van der Waals surface area contributed by atoms with Gasteiger partial charge in [0.2, 0.25) is 0 Å². The first-order valence-corrected chi connectivity index (χ1v) is 5.44. The summed E-state index contributed by atoms with van der Waals surface area (Å²) in [5.74, 6) is 0. The summed E-state index contributed by atoms with van der Waals surface area (Å²) in [7, 11) is 0. The maximum atomic E-state index is 5.87. The summed E-state index contributed by atoms with van der Waals surface area (Å²) < 4.78 is 0. The lowest BCUT2D eigenvalue weighted by Gasteiger charge is -1.99. The van der Waals surface area contributed by atoms with Crippen molar-refractivity contribution in [3.8, 4) is 0 Å². The summed E-state index contributed by atoms with van der Waals surface area (Å²) in [6, 6.07) is 5.07. The second kappa shape index (κ2) is 6.76. The van der Waals surface area contributed by atoms with Gasteiger partial charge in [-0.15, -0.1) is 0 Å². The SMILES string of the molecule is CSC(N)=Nc1cc(Cl)ccc1Cl.[I-]. The van der Waals surface area contributed by atoms with Crippen LogP contribution in [-0.2, 0) is 0 Å². The van der Waals surface area contributed by atoms with Crippen LogP contribution in [0.4, 0.5) is 5.69 Å². The molecule has 0 spiro atoms. The first-order valence-electron chi connectivity index (χ1n) is 3.46. The van der Waals surface area contributed by atoms with E-state index in [4.69, 9.17) is 28.9 Å². The fourth-order valence-electron chi connectivity index (χ4n) is 0.736. The van der Waals surface area contributed by atoms with Crippen molar-refractivity contribution in [2.45, 2.75) is 0 Å². The standard InChI is InChI=1S/C8H8Cl2N2S.HI/c1-13-8(11)12-7-4-5(9)2-3-6(7)10;/h2-4H,1H3,(H2,11,12);1H/p-1. The van der Waals surface area contributed by atoms with E-state index in [9.17, 15) is 0 Å². The van der Waals surface area contributed by atoms with Crippen LogP contribution in [0, 0.1) is 0 Å². The van der Waals surface area contributed by atoms with Crippen molar-refractivity contribution in [3.63, 3.8) is 0 Å². The molecule has 0 amide bonds. The second-order valence-corrected chi connectivity index (χ2v) is 3.92. The molecule has 0 fully saturated rings. The number of thioether (sulfide) groups is 1. The van der Waals surface area contributed by atoms with Crippen LogP contribution in [0.5, 0.6) is 0 Å². The molecule has 78 valence electrons. The van der Waals surface area contributed by atoms with Crippen LogP contribution in [0.2, 0.25) is 10.0 Å². The van der Waals surface area contributed by atoms with Crippen molar-refractivity contribution in [2.75, 3.05) is 6.26 Å². The number of rotatable bonds is 1. The molecule has 6 heteroatoms. The van der Waals surface area contributed by atoms with Crippen LogP contribution in [0.1, 0.15) is 0 Å². The Hall–Kier alpha value is 0.350. The van der Waals surface area contributed by atoms with Crippen LogP contribution < -0.4 is 29.7 Å². The van der Waals surface area contributed by atoms with E-state index in [1.165, 1.54) is 11.8 Å². The Bertz CT molecular complexity index is 344. The highest BCUT2D eigenvalue weighted by molar-refractivity contribution is 8.13. The van der Waals surface area contributed by atoms with E-state index >= 15 is 0 Å². The topological polar surface area (TPSA) is 38.4 Å². The fraction of sp³-hybridized carbons (Fsp3) is 0.125. The van der Waals surface area contributed by atoms with E-state index in [1.807, 2.05) is 6.26 Å². The molecule has 2 N–H and O–H groups in total. The molecule has 1 aromatic rings. The zero-order valence-electron chi connectivity index (χ0n) is 7.30. The van der Waals surface area contributed by atoms with E-state index < -0.39 is 0 Å². The molecular formula is C8H8Cl2IN2S-.